The van der Waals surface area contributed by atoms with Crippen LogP contribution in [-0.2, 0) is 6.18 Å². The van der Waals surface area contributed by atoms with Gasteiger partial charge in [-0.25, -0.2) is 0 Å². The molecule has 4 nitrogen and oxygen atoms in total. The molecule has 3 rings (SSSR count). The van der Waals surface area contributed by atoms with E-state index >= 15 is 0 Å². The maximum atomic E-state index is 13.3. The van der Waals surface area contributed by atoms with Crippen LogP contribution in [0.1, 0.15) is 30.0 Å². The van der Waals surface area contributed by atoms with Gasteiger partial charge in [0.1, 0.15) is 0 Å². The smallest absolute Gasteiger partial charge is 0.368 e. The minimum absolute atomic E-state index is 0.101. The van der Waals surface area contributed by atoms with Gasteiger partial charge in [0, 0.05) is 37.6 Å². The number of rotatable bonds is 4. The number of likely N-dealkylation sites (N-methyl/N-ethyl adjacent to an activating group) is 1. The van der Waals surface area contributed by atoms with Crippen molar-refractivity contribution in [3.05, 3.63) is 53.3 Å². The second kappa shape index (κ2) is 7.47. The minimum atomic E-state index is -4.55. The first-order chi connectivity index (χ1) is 12.8. The third kappa shape index (κ3) is 3.85. The van der Waals surface area contributed by atoms with Crippen LogP contribution >= 0.6 is 0 Å². The van der Waals surface area contributed by atoms with Crippen LogP contribution in [0.25, 0.3) is 0 Å². The number of aromatic nitrogens is 1. The summed E-state index contributed by atoms with van der Waals surface area (Å²) in [6.45, 7) is 6.10. The zero-order valence-corrected chi connectivity index (χ0v) is 15.3. The third-order valence-corrected chi connectivity index (χ3v) is 5.06. The number of halogens is 3. The SMILES string of the molecule is CCN(c1ccc(C#N)c(C(F)(F)F)c1)[C@H]1CCN(c2cnccc2C)C1. The van der Waals surface area contributed by atoms with Gasteiger partial charge < -0.3 is 9.80 Å². The van der Waals surface area contributed by atoms with Crippen molar-refractivity contribution in [1.82, 2.24) is 4.98 Å². The zero-order chi connectivity index (χ0) is 19.6. The molecule has 0 aliphatic carbocycles. The van der Waals surface area contributed by atoms with Gasteiger partial charge in [-0.2, -0.15) is 18.4 Å². The minimum Gasteiger partial charge on any atom is -0.368 e. The van der Waals surface area contributed by atoms with E-state index < -0.39 is 11.7 Å². The molecule has 0 amide bonds. The lowest BCUT2D eigenvalue weighted by Gasteiger charge is -2.31. The molecule has 1 aliphatic rings. The summed E-state index contributed by atoms with van der Waals surface area (Å²) in [6.07, 6.45) is -0.115. The molecule has 1 aromatic heterocycles. The van der Waals surface area contributed by atoms with Crippen LogP contribution in [0.15, 0.2) is 36.7 Å². The topological polar surface area (TPSA) is 43.2 Å². The van der Waals surface area contributed by atoms with Crippen LogP contribution in [-0.4, -0.2) is 30.7 Å². The van der Waals surface area contributed by atoms with Gasteiger partial charge in [0.05, 0.1) is 29.1 Å². The van der Waals surface area contributed by atoms with Crippen molar-refractivity contribution in [3.63, 3.8) is 0 Å². The van der Waals surface area contributed by atoms with E-state index in [1.54, 1.807) is 18.3 Å². The monoisotopic (exact) mass is 374 g/mol. The summed E-state index contributed by atoms with van der Waals surface area (Å²) in [5.41, 5.74) is 1.47. The number of nitriles is 1. The molecule has 0 bridgehead atoms. The van der Waals surface area contributed by atoms with Gasteiger partial charge >= 0.3 is 6.18 Å². The molecule has 1 aliphatic heterocycles. The fourth-order valence-corrected chi connectivity index (χ4v) is 3.70. The summed E-state index contributed by atoms with van der Waals surface area (Å²) in [4.78, 5) is 8.40. The molecular weight excluding hydrogens is 353 g/mol. The normalized spacial score (nSPS) is 17.0. The van der Waals surface area contributed by atoms with Crippen LogP contribution in [0.4, 0.5) is 24.5 Å². The Morgan fingerprint density at radius 2 is 2.11 bits per heavy atom. The first kappa shape index (κ1) is 19.0. The Kier molecular flexibility index (Phi) is 5.26. The van der Waals surface area contributed by atoms with E-state index in [9.17, 15) is 13.2 Å². The maximum Gasteiger partial charge on any atom is 0.417 e. The van der Waals surface area contributed by atoms with E-state index in [2.05, 4.69) is 9.88 Å². The fraction of sp³-hybridized carbons (Fsp3) is 0.400. The highest BCUT2D eigenvalue weighted by Gasteiger charge is 2.35. The number of aryl methyl sites for hydroxylation is 1. The van der Waals surface area contributed by atoms with Crippen LogP contribution in [0.5, 0.6) is 0 Å². The summed E-state index contributed by atoms with van der Waals surface area (Å²) >= 11 is 0. The lowest BCUT2D eigenvalue weighted by atomic mass is 10.1. The van der Waals surface area contributed by atoms with Crippen molar-refractivity contribution < 1.29 is 13.2 Å². The summed E-state index contributed by atoms with van der Waals surface area (Å²) < 4.78 is 39.9. The average molecular weight is 374 g/mol. The van der Waals surface area contributed by atoms with Crippen LogP contribution in [0.3, 0.4) is 0 Å². The fourth-order valence-electron chi connectivity index (χ4n) is 3.70. The summed E-state index contributed by atoms with van der Waals surface area (Å²) in [7, 11) is 0. The second-order valence-corrected chi connectivity index (χ2v) is 6.68. The molecule has 0 N–H and O–H groups in total. The molecule has 0 unspecified atom stereocenters. The van der Waals surface area contributed by atoms with Gasteiger partial charge in [0.15, 0.2) is 0 Å². The summed E-state index contributed by atoms with van der Waals surface area (Å²) in [5, 5.41) is 8.99. The number of anilines is 2. The van der Waals surface area contributed by atoms with Gasteiger partial charge in [-0.1, -0.05) is 0 Å². The Hall–Kier alpha value is -2.75. The molecule has 2 heterocycles. The number of hydrogen-bond donors (Lipinski definition) is 0. The molecule has 0 radical (unpaired) electrons. The predicted molar refractivity (Wildman–Crippen MR) is 98.8 cm³/mol. The number of benzene rings is 1. The molecular formula is C20H21F3N4. The number of hydrogen-bond acceptors (Lipinski definition) is 4. The van der Waals surface area contributed by atoms with Gasteiger partial charge in [-0.15, -0.1) is 0 Å². The quantitative estimate of drug-likeness (QED) is 0.796. The third-order valence-electron chi connectivity index (χ3n) is 5.06. The van der Waals surface area contributed by atoms with Gasteiger partial charge in [-0.3, -0.25) is 4.98 Å². The van der Waals surface area contributed by atoms with Crippen molar-refractivity contribution in [1.29, 1.82) is 5.26 Å². The second-order valence-electron chi connectivity index (χ2n) is 6.68. The van der Waals surface area contributed by atoms with Crippen molar-refractivity contribution in [3.8, 4) is 6.07 Å². The average Bonchev–Trinajstić information content (AvgIpc) is 3.11. The van der Waals surface area contributed by atoms with Crippen molar-refractivity contribution in [2.75, 3.05) is 29.4 Å². The Morgan fingerprint density at radius 1 is 1.33 bits per heavy atom. The molecule has 27 heavy (non-hydrogen) atoms. The highest BCUT2D eigenvalue weighted by Crippen LogP contribution is 2.36. The van der Waals surface area contributed by atoms with Crippen molar-refractivity contribution in [2.45, 2.75) is 32.5 Å². The largest absolute Gasteiger partial charge is 0.417 e. The highest BCUT2D eigenvalue weighted by molar-refractivity contribution is 5.57. The first-order valence-electron chi connectivity index (χ1n) is 8.88. The standard InChI is InChI=1S/C20H21F3N4/c1-3-27(16-5-4-15(11-24)18(10-16)20(21,22)23)17-7-9-26(13-17)19-12-25-8-6-14(19)2/h4-6,8,10,12,17H,3,7,9,13H2,1-2H3/t17-/m0/s1. The lowest BCUT2D eigenvalue weighted by Crippen LogP contribution is -2.38. The van der Waals surface area contributed by atoms with Gasteiger partial charge in [-0.05, 0) is 50.1 Å². The van der Waals surface area contributed by atoms with Crippen molar-refractivity contribution >= 4 is 11.4 Å². The molecule has 1 saturated heterocycles. The first-order valence-corrected chi connectivity index (χ1v) is 8.88. The molecule has 1 atom stereocenters. The molecule has 0 spiro atoms. The predicted octanol–water partition coefficient (Wildman–Crippen LogP) is 4.39. The zero-order valence-electron chi connectivity index (χ0n) is 15.3. The van der Waals surface area contributed by atoms with E-state index in [1.165, 1.54) is 6.07 Å². The number of nitrogens with zero attached hydrogens (tertiary/aromatic N) is 4. The van der Waals surface area contributed by atoms with Crippen LogP contribution in [0.2, 0.25) is 0 Å². The van der Waals surface area contributed by atoms with Crippen molar-refractivity contribution in [2.24, 2.45) is 0 Å². The molecule has 142 valence electrons. The molecule has 0 saturated carbocycles. The van der Waals surface area contributed by atoms with E-state index in [4.69, 9.17) is 5.26 Å². The summed E-state index contributed by atoms with van der Waals surface area (Å²) in [6, 6.07) is 7.66. The molecule has 1 aromatic carbocycles. The van der Waals surface area contributed by atoms with Crippen LogP contribution in [0, 0.1) is 18.3 Å². The Morgan fingerprint density at radius 3 is 2.74 bits per heavy atom. The number of alkyl halides is 3. The lowest BCUT2D eigenvalue weighted by molar-refractivity contribution is -0.137. The maximum absolute atomic E-state index is 13.3. The van der Waals surface area contributed by atoms with E-state index in [1.807, 2.05) is 31.0 Å². The molecule has 1 fully saturated rings. The highest BCUT2D eigenvalue weighted by atomic mass is 19.4. The van der Waals surface area contributed by atoms with E-state index in [0.29, 0.717) is 12.2 Å². The molecule has 2 aromatic rings. The summed E-state index contributed by atoms with van der Waals surface area (Å²) in [5.74, 6) is 0. The van der Waals surface area contributed by atoms with E-state index in [-0.39, 0.29) is 11.6 Å². The van der Waals surface area contributed by atoms with Crippen LogP contribution < -0.4 is 9.80 Å². The Balaban J connectivity index is 1.86. The van der Waals surface area contributed by atoms with Gasteiger partial charge in [0.2, 0.25) is 0 Å². The van der Waals surface area contributed by atoms with Gasteiger partial charge in [0.25, 0.3) is 0 Å². The van der Waals surface area contributed by atoms with E-state index in [0.717, 1.165) is 36.8 Å². The molecule has 7 heteroatoms. The Labute approximate surface area is 156 Å². The Bertz CT molecular complexity index is 857. The number of pyridine rings is 1.